The number of hydrogen-bond donors (Lipinski definition) is 1. The first-order valence-corrected chi connectivity index (χ1v) is 7.31. The van der Waals surface area contributed by atoms with E-state index in [0.717, 1.165) is 25.7 Å². The van der Waals surface area contributed by atoms with Gasteiger partial charge in [-0.25, -0.2) is 4.39 Å². The fourth-order valence-electron chi connectivity index (χ4n) is 2.96. The SMILES string of the molecule is CC(=O)c1ccc(N(CCO)C2CCCCC2)c(F)c1. The Hall–Kier alpha value is -1.42. The van der Waals surface area contributed by atoms with Crippen molar-refractivity contribution in [1.82, 2.24) is 0 Å². The summed E-state index contributed by atoms with van der Waals surface area (Å²) in [7, 11) is 0. The predicted octanol–water partition coefficient (Wildman–Crippen LogP) is 3.16. The summed E-state index contributed by atoms with van der Waals surface area (Å²) in [6.07, 6.45) is 5.61. The zero-order chi connectivity index (χ0) is 14.5. The molecule has 0 saturated heterocycles. The first kappa shape index (κ1) is 15.0. The topological polar surface area (TPSA) is 40.5 Å². The summed E-state index contributed by atoms with van der Waals surface area (Å²) in [5.41, 5.74) is 0.884. The molecule has 0 aromatic heterocycles. The van der Waals surface area contributed by atoms with Crippen LogP contribution in [0.25, 0.3) is 0 Å². The highest BCUT2D eigenvalue weighted by molar-refractivity contribution is 5.94. The number of carbonyl (C=O) groups is 1. The van der Waals surface area contributed by atoms with Gasteiger partial charge in [-0.05, 0) is 38.0 Å². The lowest BCUT2D eigenvalue weighted by Crippen LogP contribution is -2.39. The van der Waals surface area contributed by atoms with E-state index in [1.165, 1.54) is 19.4 Å². The van der Waals surface area contributed by atoms with Gasteiger partial charge in [-0.1, -0.05) is 19.3 Å². The van der Waals surface area contributed by atoms with Crippen molar-refractivity contribution in [3.05, 3.63) is 29.6 Å². The van der Waals surface area contributed by atoms with Crippen LogP contribution < -0.4 is 4.90 Å². The maximum absolute atomic E-state index is 14.3. The van der Waals surface area contributed by atoms with Crippen LogP contribution in [0.1, 0.15) is 49.4 Å². The van der Waals surface area contributed by atoms with Crippen LogP contribution >= 0.6 is 0 Å². The Morgan fingerprint density at radius 2 is 2.05 bits per heavy atom. The van der Waals surface area contributed by atoms with Crippen molar-refractivity contribution in [2.75, 3.05) is 18.1 Å². The van der Waals surface area contributed by atoms with Gasteiger partial charge in [0, 0.05) is 18.2 Å². The van der Waals surface area contributed by atoms with Crippen LogP contribution in [0.4, 0.5) is 10.1 Å². The van der Waals surface area contributed by atoms with Crippen LogP contribution in [0.5, 0.6) is 0 Å². The highest BCUT2D eigenvalue weighted by Crippen LogP contribution is 2.29. The molecule has 0 heterocycles. The first-order chi connectivity index (χ1) is 9.63. The van der Waals surface area contributed by atoms with Crippen molar-refractivity contribution in [2.24, 2.45) is 0 Å². The second kappa shape index (κ2) is 6.84. The van der Waals surface area contributed by atoms with Crippen molar-refractivity contribution in [3.8, 4) is 0 Å². The molecule has 0 radical (unpaired) electrons. The second-order valence-electron chi connectivity index (χ2n) is 5.43. The number of halogens is 1. The number of ketones is 1. The van der Waals surface area contributed by atoms with Gasteiger partial charge in [-0.2, -0.15) is 0 Å². The summed E-state index contributed by atoms with van der Waals surface area (Å²) in [6.45, 7) is 1.87. The summed E-state index contributed by atoms with van der Waals surface area (Å²) in [6, 6.07) is 4.91. The zero-order valence-electron chi connectivity index (χ0n) is 11.9. The number of nitrogens with zero attached hydrogens (tertiary/aromatic N) is 1. The number of benzene rings is 1. The molecule has 1 aliphatic rings. The second-order valence-corrected chi connectivity index (χ2v) is 5.43. The van der Waals surface area contributed by atoms with Crippen molar-refractivity contribution in [1.29, 1.82) is 0 Å². The molecule has 1 fully saturated rings. The molecule has 110 valence electrons. The van der Waals surface area contributed by atoms with Gasteiger partial charge in [-0.3, -0.25) is 4.79 Å². The van der Waals surface area contributed by atoms with Crippen LogP contribution in [-0.4, -0.2) is 30.1 Å². The summed E-state index contributed by atoms with van der Waals surface area (Å²) in [5, 5.41) is 9.24. The number of rotatable bonds is 5. The Bertz CT molecular complexity index is 470. The van der Waals surface area contributed by atoms with Crippen molar-refractivity contribution in [2.45, 2.75) is 45.1 Å². The van der Waals surface area contributed by atoms with E-state index in [9.17, 15) is 14.3 Å². The highest BCUT2D eigenvalue weighted by Gasteiger charge is 2.23. The minimum Gasteiger partial charge on any atom is -0.395 e. The van der Waals surface area contributed by atoms with E-state index in [1.54, 1.807) is 12.1 Å². The van der Waals surface area contributed by atoms with E-state index in [2.05, 4.69) is 0 Å². The molecule has 1 aromatic carbocycles. The normalized spacial score (nSPS) is 16.1. The van der Waals surface area contributed by atoms with E-state index in [-0.39, 0.29) is 24.2 Å². The average Bonchev–Trinajstić information content (AvgIpc) is 2.46. The lowest BCUT2D eigenvalue weighted by atomic mass is 9.93. The van der Waals surface area contributed by atoms with E-state index >= 15 is 0 Å². The lowest BCUT2D eigenvalue weighted by Gasteiger charge is -2.36. The molecule has 4 heteroatoms. The molecular weight excluding hydrogens is 257 g/mol. The van der Waals surface area contributed by atoms with Gasteiger partial charge in [0.25, 0.3) is 0 Å². The molecule has 1 N–H and O–H groups in total. The van der Waals surface area contributed by atoms with Gasteiger partial charge < -0.3 is 10.0 Å². The fourth-order valence-corrected chi connectivity index (χ4v) is 2.96. The zero-order valence-corrected chi connectivity index (χ0v) is 11.9. The molecule has 0 unspecified atom stereocenters. The number of anilines is 1. The molecule has 0 amide bonds. The Kier molecular flexibility index (Phi) is 5.12. The Morgan fingerprint density at radius 1 is 1.35 bits per heavy atom. The number of carbonyl (C=O) groups excluding carboxylic acids is 1. The van der Waals surface area contributed by atoms with Crippen LogP contribution in [-0.2, 0) is 0 Å². The quantitative estimate of drug-likeness (QED) is 0.842. The van der Waals surface area contributed by atoms with Gasteiger partial charge in [-0.15, -0.1) is 0 Å². The van der Waals surface area contributed by atoms with Crippen LogP contribution in [0.2, 0.25) is 0 Å². The standard InChI is InChI=1S/C16H22FNO2/c1-12(20)13-7-8-16(15(17)11-13)18(9-10-19)14-5-3-2-4-6-14/h7-8,11,14,19H,2-6,9-10H2,1H3. The molecule has 1 aliphatic carbocycles. The molecule has 0 aliphatic heterocycles. The fraction of sp³-hybridized carbons (Fsp3) is 0.562. The van der Waals surface area contributed by atoms with Crippen LogP contribution in [0.15, 0.2) is 18.2 Å². The van der Waals surface area contributed by atoms with E-state index in [1.807, 2.05) is 4.90 Å². The summed E-state index contributed by atoms with van der Waals surface area (Å²) in [5.74, 6) is -0.515. The Labute approximate surface area is 119 Å². The summed E-state index contributed by atoms with van der Waals surface area (Å²) in [4.78, 5) is 13.2. The maximum Gasteiger partial charge on any atom is 0.159 e. The lowest BCUT2D eigenvalue weighted by molar-refractivity contribution is 0.101. The largest absolute Gasteiger partial charge is 0.395 e. The summed E-state index contributed by atoms with van der Waals surface area (Å²) >= 11 is 0. The van der Waals surface area contributed by atoms with E-state index in [4.69, 9.17) is 0 Å². The molecule has 0 atom stereocenters. The molecule has 1 saturated carbocycles. The van der Waals surface area contributed by atoms with Crippen molar-refractivity contribution < 1.29 is 14.3 Å². The third kappa shape index (κ3) is 3.37. The monoisotopic (exact) mass is 279 g/mol. The smallest absolute Gasteiger partial charge is 0.159 e. The third-order valence-electron chi connectivity index (χ3n) is 4.02. The van der Waals surface area contributed by atoms with E-state index < -0.39 is 0 Å². The highest BCUT2D eigenvalue weighted by atomic mass is 19.1. The Morgan fingerprint density at radius 3 is 2.60 bits per heavy atom. The van der Waals surface area contributed by atoms with Crippen molar-refractivity contribution in [3.63, 3.8) is 0 Å². The van der Waals surface area contributed by atoms with Crippen LogP contribution in [0, 0.1) is 5.82 Å². The predicted molar refractivity (Wildman–Crippen MR) is 77.7 cm³/mol. The maximum atomic E-state index is 14.3. The molecule has 1 aromatic rings. The number of aliphatic hydroxyl groups excluding tert-OH is 1. The number of hydrogen-bond acceptors (Lipinski definition) is 3. The van der Waals surface area contributed by atoms with Crippen molar-refractivity contribution >= 4 is 11.5 Å². The molecule has 0 bridgehead atoms. The molecule has 3 nitrogen and oxygen atoms in total. The van der Waals surface area contributed by atoms with E-state index in [0.29, 0.717) is 17.8 Å². The first-order valence-electron chi connectivity index (χ1n) is 7.31. The van der Waals surface area contributed by atoms with Gasteiger partial charge in [0.1, 0.15) is 5.82 Å². The average molecular weight is 279 g/mol. The van der Waals surface area contributed by atoms with Gasteiger partial charge in [0.15, 0.2) is 5.78 Å². The third-order valence-corrected chi connectivity index (χ3v) is 4.02. The minimum atomic E-state index is -0.378. The van der Waals surface area contributed by atoms with Gasteiger partial charge >= 0.3 is 0 Å². The molecule has 20 heavy (non-hydrogen) atoms. The molecule has 2 rings (SSSR count). The minimum absolute atomic E-state index is 0.00436. The van der Waals surface area contributed by atoms with Gasteiger partial charge in [0.05, 0.1) is 12.3 Å². The molecule has 0 spiro atoms. The Balaban J connectivity index is 2.26. The summed E-state index contributed by atoms with van der Waals surface area (Å²) < 4.78 is 14.3. The van der Waals surface area contributed by atoms with Crippen LogP contribution in [0.3, 0.4) is 0 Å². The number of aliphatic hydroxyl groups is 1. The molecular formula is C16H22FNO2. The van der Waals surface area contributed by atoms with Gasteiger partial charge in [0.2, 0.25) is 0 Å². The number of Topliss-reactive ketones (excluding diaryl/α,β-unsaturated/α-hetero) is 1.